The number of hydrogen-bond donors (Lipinski definition) is 2. The number of benzene rings is 1. The molecule has 3 aromatic heterocycles. The van der Waals surface area contributed by atoms with Crippen LogP contribution < -0.4 is 20.6 Å². The van der Waals surface area contributed by atoms with Crippen molar-refractivity contribution in [2.24, 2.45) is 5.10 Å². The summed E-state index contributed by atoms with van der Waals surface area (Å²) in [6.45, 7) is 1.82. The second kappa shape index (κ2) is 7.79. The fourth-order valence-electron chi connectivity index (χ4n) is 3.05. The third kappa shape index (κ3) is 3.36. The molecule has 0 unspecified atom stereocenters. The van der Waals surface area contributed by atoms with Crippen molar-refractivity contribution in [2.75, 3.05) is 12.5 Å². The molecule has 4 heterocycles. The van der Waals surface area contributed by atoms with E-state index < -0.39 is 5.91 Å². The Hall–Kier alpha value is -4.81. The largest absolute Gasteiger partial charge is 0.454 e. The van der Waals surface area contributed by atoms with E-state index >= 15 is 0 Å². The van der Waals surface area contributed by atoms with Gasteiger partial charge in [-0.2, -0.15) is 9.78 Å². The molecule has 3 N–H and O–H groups in total. The first-order valence-corrected chi connectivity index (χ1v) is 9.32. The molecule has 32 heavy (non-hydrogen) atoms. The summed E-state index contributed by atoms with van der Waals surface area (Å²) in [6, 6.07) is 10.5. The van der Waals surface area contributed by atoms with Gasteiger partial charge in [0.15, 0.2) is 17.2 Å². The molecular formula is C19H15N9O4. The molecule has 0 aliphatic carbocycles. The molecule has 0 bridgehead atoms. The van der Waals surface area contributed by atoms with Gasteiger partial charge in [0.05, 0.1) is 11.4 Å². The van der Waals surface area contributed by atoms with Crippen LogP contribution in [0.25, 0.3) is 17.1 Å². The SMILES string of the molecule is C/C(=N/NC(=O)c1nnn(-c2nonc2N)c1-c1ccc2c(c1)OCO2)c1ccccn1. The Bertz CT molecular complexity index is 1330. The van der Waals surface area contributed by atoms with Crippen LogP contribution in [0.1, 0.15) is 23.1 Å². The average molecular weight is 433 g/mol. The molecular weight excluding hydrogens is 418 g/mol. The summed E-state index contributed by atoms with van der Waals surface area (Å²) in [7, 11) is 0. The number of nitrogen functional groups attached to an aromatic ring is 1. The molecule has 0 saturated carbocycles. The second-order valence-electron chi connectivity index (χ2n) is 6.59. The molecule has 13 heteroatoms. The molecule has 160 valence electrons. The summed E-state index contributed by atoms with van der Waals surface area (Å²) < 4.78 is 16.7. The zero-order valence-corrected chi connectivity index (χ0v) is 16.6. The van der Waals surface area contributed by atoms with Gasteiger partial charge in [-0.1, -0.05) is 11.3 Å². The van der Waals surface area contributed by atoms with Gasteiger partial charge in [0.2, 0.25) is 18.4 Å². The van der Waals surface area contributed by atoms with Gasteiger partial charge >= 0.3 is 0 Å². The van der Waals surface area contributed by atoms with Crippen molar-refractivity contribution in [1.29, 1.82) is 0 Å². The van der Waals surface area contributed by atoms with E-state index in [1.54, 1.807) is 43.5 Å². The summed E-state index contributed by atoms with van der Waals surface area (Å²) in [5.41, 5.74) is 10.3. The van der Waals surface area contributed by atoms with E-state index in [9.17, 15) is 4.79 Å². The number of nitrogens with zero attached hydrogens (tertiary/aromatic N) is 7. The molecule has 1 aliphatic heterocycles. The number of carbonyl (C=O) groups is 1. The first-order valence-electron chi connectivity index (χ1n) is 9.32. The maximum Gasteiger partial charge on any atom is 0.294 e. The van der Waals surface area contributed by atoms with Crippen molar-refractivity contribution >= 4 is 17.4 Å². The highest BCUT2D eigenvalue weighted by Crippen LogP contribution is 2.37. The zero-order valence-electron chi connectivity index (χ0n) is 16.6. The van der Waals surface area contributed by atoms with Crippen LogP contribution in [0.5, 0.6) is 11.5 Å². The van der Waals surface area contributed by atoms with E-state index in [1.165, 1.54) is 4.68 Å². The van der Waals surface area contributed by atoms with Crippen molar-refractivity contribution < 1.29 is 18.9 Å². The number of hydrazone groups is 1. The van der Waals surface area contributed by atoms with Gasteiger partial charge in [-0.05, 0) is 47.6 Å². The summed E-state index contributed by atoms with van der Waals surface area (Å²) >= 11 is 0. The van der Waals surface area contributed by atoms with Crippen LogP contribution >= 0.6 is 0 Å². The van der Waals surface area contributed by atoms with Crippen LogP contribution in [-0.2, 0) is 0 Å². The van der Waals surface area contributed by atoms with E-state index in [2.05, 4.69) is 40.8 Å². The lowest BCUT2D eigenvalue weighted by Crippen LogP contribution is -2.21. The predicted molar refractivity (Wildman–Crippen MR) is 109 cm³/mol. The van der Waals surface area contributed by atoms with Gasteiger partial charge in [0.1, 0.15) is 5.69 Å². The lowest BCUT2D eigenvalue weighted by molar-refractivity contribution is 0.0950. The van der Waals surface area contributed by atoms with Crippen LogP contribution in [0.15, 0.2) is 52.3 Å². The Labute approximate surface area is 179 Å². The Kier molecular flexibility index (Phi) is 4.67. The minimum absolute atomic E-state index is 0.0205. The molecule has 13 nitrogen and oxygen atoms in total. The van der Waals surface area contributed by atoms with Gasteiger partial charge in [-0.25, -0.2) is 10.1 Å². The molecule has 0 spiro atoms. The third-order valence-electron chi connectivity index (χ3n) is 4.59. The first-order chi connectivity index (χ1) is 15.6. The number of nitrogens with one attached hydrogen (secondary N) is 1. The van der Waals surface area contributed by atoms with Gasteiger partial charge in [-0.15, -0.1) is 5.10 Å². The summed E-state index contributed by atoms with van der Waals surface area (Å²) in [5, 5.41) is 19.5. The van der Waals surface area contributed by atoms with Crippen molar-refractivity contribution in [3.8, 4) is 28.6 Å². The number of nitrogens with two attached hydrogens (primary N) is 1. The molecule has 0 radical (unpaired) electrons. The Morgan fingerprint density at radius 1 is 1.19 bits per heavy atom. The first kappa shape index (κ1) is 19.2. The van der Waals surface area contributed by atoms with Crippen LogP contribution in [0.4, 0.5) is 5.82 Å². The standard InChI is InChI=1S/C19H15N9O4/c1-10(12-4-2-3-7-21-12)22-24-19(29)15-16(11-5-6-13-14(8-11)31-9-30-13)28(27-23-15)18-17(20)25-32-26-18/h2-8H,9H2,1H3,(H2,20,25)(H,24,29)/b22-10-. The Morgan fingerprint density at radius 3 is 2.84 bits per heavy atom. The molecule has 1 aliphatic rings. The number of fused-ring (bicyclic) bond motifs is 1. The summed E-state index contributed by atoms with van der Waals surface area (Å²) in [6.07, 6.45) is 1.63. The average Bonchev–Trinajstić information content (AvgIpc) is 3.56. The van der Waals surface area contributed by atoms with Crippen molar-refractivity contribution in [3.05, 3.63) is 54.0 Å². The highest BCUT2D eigenvalue weighted by atomic mass is 16.7. The lowest BCUT2D eigenvalue weighted by atomic mass is 10.1. The summed E-state index contributed by atoms with van der Waals surface area (Å²) in [5.74, 6) is 0.549. The third-order valence-corrected chi connectivity index (χ3v) is 4.59. The maximum absolute atomic E-state index is 13.0. The smallest absolute Gasteiger partial charge is 0.294 e. The van der Waals surface area contributed by atoms with Gasteiger partial charge < -0.3 is 15.2 Å². The van der Waals surface area contributed by atoms with Crippen molar-refractivity contribution in [1.82, 2.24) is 35.7 Å². The number of anilines is 1. The monoisotopic (exact) mass is 433 g/mol. The van der Waals surface area contributed by atoms with E-state index in [1.807, 2.05) is 6.07 Å². The molecule has 0 fully saturated rings. The second-order valence-corrected chi connectivity index (χ2v) is 6.59. The predicted octanol–water partition coefficient (Wildman–Crippen LogP) is 1.18. The molecule has 0 saturated heterocycles. The zero-order chi connectivity index (χ0) is 22.1. The normalized spacial score (nSPS) is 12.7. The fourth-order valence-corrected chi connectivity index (χ4v) is 3.05. The quantitative estimate of drug-likeness (QED) is 0.344. The van der Waals surface area contributed by atoms with Crippen LogP contribution in [0, 0.1) is 0 Å². The topological polar surface area (TPSA) is 168 Å². The number of hydrogen-bond acceptors (Lipinski definition) is 11. The lowest BCUT2D eigenvalue weighted by Gasteiger charge is -2.07. The van der Waals surface area contributed by atoms with E-state index in [0.29, 0.717) is 28.5 Å². The van der Waals surface area contributed by atoms with E-state index in [-0.39, 0.29) is 29.8 Å². The van der Waals surface area contributed by atoms with Crippen molar-refractivity contribution in [3.63, 3.8) is 0 Å². The number of ether oxygens (including phenoxy) is 2. The van der Waals surface area contributed by atoms with Gasteiger partial charge in [0.25, 0.3) is 5.91 Å². The fraction of sp³-hybridized carbons (Fsp3) is 0.105. The van der Waals surface area contributed by atoms with Crippen molar-refractivity contribution in [2.45, 2.75) is 6.92 Å². The molecule has 1 aromatic carbocycles. The Balaban J connectivity index is 1.55. The minimum Gasteiger partial charge on any atom is -0.454 e. The Morgan fingerprint density at radius 2 is 2.06 bits per heavy atom. The number of carbonyl (C=O) groups excluding carboxylic acids is 1. The van der Waals surface area contributed by atoms with E-state index in [4.69, 9.17) is 15.2 Å². The number of pyridine rings is 1. The van der Waals surface area contributed by atoms with E-state index in [0.717, 1.165) is 0 Å². The molecule has 4 aromatic rings. The maximum atomic E-state index is 13.0. The summed E-state index contributed by atoms with van der Waals surface area (Å²) in [4.78, 5) is 17.2. The van der Waals surface area contributed by atoms with Crippen LogP contribution in [-0.4, -0.2) is 48.7 Å². The van der Waals surface area contributed by atoms with Gasteiger partial charge in [0, 0.05) is 11.8 Å². The molecule has 0 atom stereocenters. The van der Waals surface area contributed by atoms with Gasteiger partial charge in [-0.3, -0.25) is 9.78 Å². The highest BCUT2D eigenvalue weighted by molar-refractivity contribution is 6.01. The number of rotatable bonds is 5. The number of aromatic nitrogens is 6. The molecule has 5 rings (SSSR count). The minimum atomic E-state index is -0.603. The molecule has 1 amide bonds. The van der Waals surface area contributed by atoms with Crippen LogP contribution in [0.2, 0.25) is 0 Å². The highest BCUT2D eigenvalue weighted by Gasteiger charge is 2.26. The van der Waals surface area contributed by atoms with Crippen LogP contribution in [0.3, 0.4) is 0 Å². The number of amides is 1.